The van der Waals surface area contributed by atoms with Gasteiger partial charge in [-0.15, -0.1) is 0 Å². The summed E-state index contributed by atoms with van der Waals surface area (Å²) in [5.74, 6) is 0.127. The second kappa shape index (κ2) is 7.64. The minimum absolute atomic E-state index is 0.127. The van der Waals surface area contributed by atoms with Gasteiger partial charge < -0.3 is 15.4 Å². The summed E-state index contributed by atoms with van der Waals surface area (Å²) >= 11 is 0. The van der Waals surface area contributed by atoms with Crippen molar-refractivity contribution in [1.29, 1.82) is 0 Å². The van der Waals surface area contributed by atoms with E-state index in [1.165, 1.54) is 5.56 Å². The van der Waals surface area contributed by atoms with Crippen molar-refractivity contribution in [3.8, 4) is 0 Å². The lowest BCUT2D eigenvalue weighted by atomic mass is 10.0. The van der Waals surface area contributed by atoms with Crippen molar-refractivity contribution in [3.05, 3.63) is 35.4 Å². The predicted octanol–water partition coefficient (Wildman–Crippen LogP) is 1.86. The molecule has 2 atom stereocenters. The maximum Gasteiger partial charge on any atom is 0.253 e. The molecule has 3 rings (SSSR count). The third-order valence-electron chi connectivity index (χ3n) is 4.93. The Hall–Kier alpha value is -1.43. The molecule has 0 bridgehead atoms. The largest absolute Gasteiger partial charge is 0.373 e. The molecule has 1 amide bonds. The second-order valence-corrected chi connectivity index (χ2v) is 7.28. The van der Waals surface area contributed by atoms with Crippen LogP contribution in [-0.4, -0.2) is 60.1 Å². The van der Waals surface area contributed by atoms with Gasteiger partial charge in [-0.2, -0.15) is 0 Å². The zero-order valence-electron chi connectivity index (χ0n) is 14.8. The van der Waals surface area contributed by atoms with Gasteiger partial charge in [0.05, 0.1) is 12.2 Å². The average Bonchev–Trinajstić information content (AvgIpc) is 2.55. The van der Waals surface area contributed by atoms with Crippen LogP contribution in [0.5, 0.6) is 0 Å². The minimum atomic E-state index is 0.127. The van der Waals surface area contributed by atoms with Crippen LogP contribution in [0.25, 0.3) is 0 Å². The molecule has 0 aromatic heterocycles. The molecule has 24 heavy (non-hydrogen) atoms. The van der Waals surface area contributed by atoms with Crippen molar-refractivity contribution in [2.24, 2.45) is 5.73 Å². The van der Waals surface area contributed by atoms with Crippen molar-refractivity contribution >= 4 is 5.91 Å². The first-order valence-corrected chi connectivity index (χ1v) is 9.03. The van der Waals surface area contributed by atoms with Gasteiger partial charge in [0.2, 0.25) is 0 Å². The smallest absolute Gasteiger partial charge is 0.253 e. The highest BCUT2D eigenvalue weighted by atomic mass is 16.5. The molecule has 2 heterocycles. The van der Waals surface area contributed by atoms with E-state index >= 15 is 0 Å². The number of benzene rings is 1. The Kier molecular flexibility index (Phi) is 5.54. The Labute approximate surface area is 144 Å². The summed E-state index contributed by atoms with van der Waals surface area (Å²) in [7, 11) is 0. The van der Waals surface area contributed by atoms with E-state index in [0.29, 0.717) is 0 Å². The zero-order valence-corrected chi connectivity index (χ0v) is 14.8. The van der Waals surface area contributed by atoms with Crippen LogP contribution < -0.4 is 5.73 Å². The van der Waals surface area contributed by atoms with Gasteiger partial charge in [-0.05, 0) is 44.4 Å². The quantitative estimate of drug-likeness (QED) is 0.918. The first kappa shape index (κ1) is 17.4. The molecule has 0 saturated carbocycles. The van der Waals surface area contributed by atoms with E-state index in [9.17, 15) is 4.79 Å². The van der Waals surface area contributed by atoms with Crippen LogP contribution in [-0.2, 0) is 11.3 Å². The fourth-order valence-electron chi connectivity index (χ4n) is 3.71. The number of morpholine rings is 1. The molecule has 1 aromatic carbocycles. The van der Waals surface area contributed by atoms with E-state index in [4.69, 9.17) is 10.5 Å². The molecular formula is C19H29N3O2. The summed E-state index contributed by atoms with van der Waals surface area (Å²) in [5.41, 5.74) is 7.93. The fraction of sp³-hybridized carbons (Fsp3) is 0.632. The van der Waals surface area contributed by atoms with E-state index in [-0.39, 0.29) is 24.2 Å². The van der Waals surface area contributed by atoms with E-state index in [1.807, 2.05) is 17.0 Å². The molecule has 2 fully saturated rings. The van der Waals surface area contributed by atoms with Crippen LogP contribution in [0.3, 0.4) is 0 Å². The molecule has 1 aromatic rings. The van der Waals surface area contributed by atoms with Crippen molar-refractivity contribution in [1.82, 2.24) is 9.80 Å². The average molecular weight is 331 g/mol. The molecule has 0 aliphatic carbocycles. The van der Waals surface area contributed by atoms with Crippen LogP contribution in [0, 0.1) is 0 Å². The molecule has 132 valence electrons. The highest BCUT2D eigenvalue weighted by molar-refractivity contribution is 5.94. The number of rotatable bonds is 3. The molecule has 2 aliphatic heterocycles. The number of piperidine rings is 1. The second-order valence-electron chi connectivity index (χ2n) is 7.28. The maximum atomic E-state index is 12.6. The highest BCUT2D eigenvalue weighted by Crippen LogP contribution is 2.17. The molecule has 5 nitrogen and oxygen atoms in total. The van der Waals surface area contributed by atoms with Crippen molar-refractivity contribution in [3.63, 3.8) is 0 Å². The lowest BCUT2D eigenvalue weighted by Crippen LogP contribution is -2.44. The van der Waals surface area contributed by atoms with E-state index in [0.717, 1.165) is 51.1 Å². The van der Waals surface area contributed by atoms with E-state index in [1.54, 1.807) is 0 Å². The van der Waals surface area contributed by atoms with Crippen molar-refractivity contribution < 1.29 is 9.53 Å². The maximum absolute atomic E-state index is 12.6. The van der Waals surface area contributed by atoms with Gasteiger partial charge in [-0.25, -0.2) is 0 Å². The molecule has 2 saturated heterocycles. The van der Waals surface area contributed by atoms with Gasteiger partial charge in [0, 0.05) is 44.3 Å². The molecule has 2 aliphatic rings. The lowest BCUT2D eigenvalue weighted by molar-refractivity contribution is -0.0704. The SMILES string of the molecule is C[C@H]1CN(Cc2ccc(C(=O)N3CCC(N)CC3)cc2)C[C@H](C)O1. The van der Waals surface area contributed by atoms with E-state index in [2.05, 4.69) is 30.9 Å². The van der Waals surface area contributed by atoms with Gasteiger partial charge >= 0.3 is 0 Å². The number of amides is 1. The third kappa shape index (κ3) is 4.35. The number of nitrogens with two attached hydrogens (primary N) is 1. The number of carbonyl (C=O) groups excluding carboxylic acids is 1. The Balaban J connectivity index is 1.58. The normalized spacial score (nSPS) is 26.5. The Morgan fingerprint density at radius 3 is 2.29 bits per heavy atom. The minimum Gasteiger partial charge on any atom is -0.373 e. The molecular weight excluding hydrogens is 302 g/mol. The Morgan fingerprint density at radius 1 is 1.12 bits per heavy atom. The van der Waals surface area contributed by atoms with Crippen molar-refractivity contribution in [2.75, 3.05) is 26.2 Å². The summed E-state index contributed by atoms with van der Waals surface area (Å²) in [5, 5.41) is 0. The van der Waals surface area contributed by atoms with Crippen LogP contribution in [0.2, 0.25) is 0 Å². The van der Waals surface area contributed by atoms with Gasteiger partial charge in [0.15, 0.2) is 0 Å². The fourth-order valence-corrected chi connectivity index (χ4v) is 3.71. The molecule has 2 N–H and O–H groups in total. The number of carbonyl (C=O) groups is 1. The van der Waals surface area contributed by atoms with Crippen LogP contribution >= 0.6 is 0 Å². The summed E-state index contributed by atoms with van der Waals surface area (Å²) in [4.78, 5) is 16.9. The van der Waals surface area contributed by atoms with Crippen LogP contribution in [0.1, 0.15) is 42.6 Å². The van der Waals surface area contributed by atoms with Gasteiger partial charge in [-0.1, -0.05) is 12.1 Å². The molecule has 5 heteroatoms. The van der Waals surface area contributed by atoms with E-state index < -0.39 is 0 Å². The van der Waals surface area contributed by atoms with Crippen LogP contribution in [0.15, 0.2) is 24.3 Å². The summed E-state index contributed by atoms with van der Waals surface area (Å²) in [6.07, 6.45) is 2.36. The van der Waals surface area contributed by atoms with Gasteiger partial charge in [-0.3, -0.25) is 9.69 Å². The van der Waals surface area contributed by atoms with Crippen molar-refractivity contribution in [2.45, 2.75) is 51.5 Å². The first-order valence-electron chi connectivity index (χ1n) is 9.03. The number of ether oxygens (including phenoxy) is 1. The third-order valence-corrected chi connectivity index (χ3v) is 4.93. The molecule has 0 spiro atoms. The first-order chi connectivity index (χ1) is 11.5. The lowest BCUT2D eigenvalue weighted by Gasteiger charge is -2.35. The number of hydrogen-bond acceptors (Lipinski definition) is 4. The monoisotopic (exact) mass is 331 g/mol. The molecule has 0 radical (unpaired) electrons. The summed E-state index contributed by atoms with van der Waals surface area (Å²) in [6, 6.07) is 8.31. The standard InChI is InChI=1S/C19H29N3O2/c1-14-11-21(12-15(2)24-14)13-16-3-5-17(6-4-16)19(23)22-9-7-18(20)8-10-22/h3-6,14-15,18H,7-13,20H2,1-2H3/t14-,15-/m0/s1. The highest BCUT2D eigenvalue weighted by Gasteiger charge is 2.23. The van der Waals surface area contributed by atoms with Crippen LogP contribution in [0.4, 0.5) is 0 Å². The topological polar surface area (TPSA) is 58.8 Å². The summed E-state index contributed by atoms with van der Waals surface area (Å²) in [6.45, 7) is 8.60. The van der Waals surface area contributed by atoms with Gasteiger partial charge in [0.25, 0.3) is 5.91 Å². The molecule has 0 unspecified atom stereocenters. The zero-order chi connectivity index (χ0) is 17.1. The summed E-state index contributed by atoms with van der Waals surface area (Å²) < 4.78 is 5.78. The van der Waals surface area contributed by atoms with Gasteiger partial charge in [0.1, 0.15) is 0 Å². The number of likely N-dealkylation sites (tertiary alicyclic amines) is 1. The Bertz CT molecular complexity index is 542. The Morgan fingerprint density at radius 2 is 1.71 bits per heavy atom. The number of hydrogen-bond donors (Lipinski definition) is 1. The number of nitrogens with zero attached hydrogens (tertiary/aromatic N) is 2. The predicted molar refractivity (Wildman–Crippen MR) is 94.8 cm³/mol.